The third kappa shape index (κ3) is 2.79. The highest BCUT2D eigenvalue weighted by Gasteiger charge is 2.09. The van der Waals surface area contributed by atoms with Gasteiger partial charge in [-0.1, -0.05) is 18.2 Å². The molecule has 1 aromatic carbocycles. The lowest BCUT2D eigenvalue weighted by molar-refractivity contribution is 0.793. The Bertz CT molecular complexity index is 715. The summed E-state index contributed by atoms with van der Waals surface area (Å²) in [6.45, 7) is 0.778. The third-order valence-electron chi connectivity index (χ3n) is 2.87. The number of nitrogens with one attached hydrogen (secondary N) is 1. The minimum absolute atomic E-state index is 0.778. The second-order valence-corrected chi connectivity index (χ2v) is 5.33. The fourth-order valence-electron chi connectivity index (χ4n) is 1.98. The number of aromatic nitrogens is 3. The van der Waals surface area contributed by atoms with Gasteiger partial charge in [0.1, 0.15) is 10.1 Å². The highest BCUT2D eigenvalue weighted by atomic mass is 32.2. The molecular weight excluding hydrogens is 268 g/mol. The fourth-order valence-corrected chi connectivity index (χ4v) is 2.82. The molecule has 100 valence electrons. The molecule has 0 aliphatic rings. The molecule has 5 heteroatoms. The second-order valence-electron chi connectivity index (χ2n) is 4.32. The number of hydrogen-bond donors (Lipinski definition) is 1. The summed E-state index contributed by atoms with van der Waals surface area (Å²) in [5.74, 6) is 0. The summed E-state index contributed by atoms with van der Waals surface area (Å²) >= 11 is 1.54. The van der Waals surface area contributed by atoms with Gasteiger partial charge in [0, 0.05) is 24.3 Å². The Morgan fingerprint density at radius 2 is 2.10 bits per heavy atom. The van der Waals surface area contributed by atoms with Gasteiger partial charge in [0.2, 0.25) is 0 Å². The van der Waals surface area contributed by atoms with Crippen molar-refractivity contribution in [3.63, 3.8) is 0 Å². The van der Waals surface area contributed by atoms with E-state index >= 15 is 0 Å². The molecule has 0 radical (unpaired) electrons. The Morgan fingerprint density at radius 3 is 2.90 bits per heavy atom. The van der Waals surface area contributed by atoms with Crippen LogP contribution in [0, 0.1) is 0 Å². The second kappa shape index (κ2) is 5.98. The molecule has 0 amide bonds. The molecule has 2 heterocycles. The largest absolute Gasteiger partial charge is 0.316 e. The first-order chi connectivity index (χ1) is 9.86. The molecule has 20 heavy (non-hydrogen) atoms. The smallest absolute Gasteiger partial charge is 0.121 e. The molecule has 0 saturated heterocycles. The number of fused-ring (bicyclic) bond motifs is 1. The first-order valence-corrected chi connectivity index (χ1v) is 7.15. The van der Waals surface area contributed by atoms with Gasteiger partial charge in [0.05, 0.1) is 11.7 Å². The molecule has 0 spiro atoms. The summed E-state index contributed by atoms with van der Waals surface area (Å²) in [5.41, 5.74) is 2.17. The summed E-state index contributed by atoms with van der Waals surface area (Å²) in [6.07, 6.45) is 5.12. The van der Waals surface area contributed by atoms with E-state index in [-0.39, 0.29) is 0 Å². The standard InChI is InChI=1S/C15H14N4S/c1-16-9-12-8-11-4-2-3-5-13(11)19-15(12)20-14-10-17-6-7-18-14/h2-8,10,16H,9H2,1H3. The molecule has 0 aliphatic carbocycles. The summed E-state index contributed by atoms with van der Waals surface area (Å²) in [5, 5.41) is 6.16. The molecule has 0 atom stereocenters. The van der Waals surface area contributed by atoms with E-state index in [4.69, 9.17) is 4.98 Å². The zero-order valence-electron chi connectivity index (χ0n) is 11.1. The first kappa shape index (κ1) is 13.0. The van der Waals surface area contributed by atoms with Crippen molar-refractivity contribution in [2.24, 2.45) is 0 Å². The number of para-hydroxylation sites is 1. The van der Waals surface area contributed by atoms with E-state index in [2.05, 4.69) is 27.4 Å². The van der Waals surface area contributed by atoms with Gasteiger partial charge in [0.25, 0.3) is 0 Å². The maximum absolute atomic E-state index is 4.74. The third-order valence-corrected chi connectivity index (χ3v) is 3.84. The molecule has 2 aromatic heterocycles. The maximum atomic E-state index is 4.74. The average Bonchev–Trinajstić information content (AvgIpc) is 2.49. The van der Waals surface area contributed by atoms with Gasteiger partial charge in [-0.15, -0.1) is 0 Å². The highest BCUT2D eigenvalue weighted by molar-refractivity contribution is 7.99. The van der Waals surface area contributed by atoms with Crippen molar-refractivity contribution in [3.8, 4) is 0 Å². The van der Waals surface area contributed by atoms with Gasteiger partial charge in [-0.2, -0.15) is 0 Å². The van der Waals surface area contributed by atoms with Crippen LogP contribution in [0.2, 0.25) is 0 Å². The van der Waals surface area contributed by atoms with Gasteiger partial charge < -0.3 is 5.32 Å². The van der Waals surface area contributed by atoms with E-state index in [0.29, 0.717) is 0 Å². The van der Waals surface area contributed by atoms with E-state index in [1.54, 1.807) is 30.4 Å². The van der Waals surface area contributed by atoms with Crippen LogP contribution < -0.4 is 5.32 Å². The van der Waals surface area contributed by atoms with E-state index in [0.717, 1.165) is 27.5 Å². The molecule has 0 unspecified atom stereocenters. The Hall–Kier alpha value is -1.98. The molecule has 3 aromatic rings. The maximum Gasteiger partial charge on any atom is 0.121 e. The minimum Gasteiger partial charge on any atom is -0.316 e. The predicted molar refractivity (Wildman–Crippen MR) is 80.7 cm³/mol. The van der Waals surface area contributed by atoms with Crippen LogP contribution in [-0.2, 0) is 6.54 Å². The van der Waals surface area contributed by atoms with Crippen molar-refractivity contribution in [1.29, 1.82) is 0 Å². The fraction of sp³-hybridized carbons (Fsp3) is 0.133. The van der Waals surface area contributed by atoms with Crippen LogP contribution in [0.3, 0.4) is 0 Å². The summed E-state index contributed by atoms with van der Waals surface area (Å²) < 4.78 is 0. The molecule has 1 N–H and O–H groups in total. The Morgan fingerprint density at radius 1 is 1.20 bits per heavy atom. The Balaban J connectivity index is 2.05. The van der Waals surface area contributed by atoms with Crippen molar-refractivity contribution in [2.75, 3.05) is 7.05 Å². The molecule has 0 saturated carbocycles. The van der Waals surface area contributed by atoms with Crippen LogP contribution in [0.4, 0.5) is 0 Å². The van der Waals surface area contributed by atoms with Crippen LogP contribution in [-0.4, -0.2) is 22.0 Å². The number of hydrogen-bond acceptors (Lipinski definition) is 5. The normalized spacial score (nSPS) is 10.8. The van der Waals surface area contributed by atoms with Gasteiger partial charge in [-0.3, -0.25) is 4.98 Å². The topological polar surface area (TPSA) is 50.7 Å². The lowest BCUT2D eigenvalue weighted by atomic mass is 10.1. The quantitative estimate of drug-likeness (QED) is 0.797. The lowest BCUT2D eigenvalue weighted by Crippen LogP contribution is -2.07. The Labute approximate surface area is 121 Å². The van der Waals surface area contributed by atoms with Gasteiger partial charge in [-0.05, 0) is 36.5 Å². The van der Waals surface area contributed by atoms with Gasteiger partial charge >= 0.3 is 0 Å². The van der Waals surface area contributed by atoms with Crippen molar-refractivity contribution < 1.29 is 0 Å². The van der Waals surface area contributed by atoms with Crippen molar-refractivity contribution in [3.05, 3.63) is 54.5 Å². The van der Waals surface area contributed by atoms with Crippen LogP contribution in [0.5, 0.6) is 0 Å². The van der Waals surface area contributed by atoms with E-state index < -0.39 is 0 Å². The molecule has 3 rings (SSSR count). The van der Waals surface area contributed by atoms with Gasteiger partial charge in [0.15, 0.2) is 0 Å². The highest BCUT2D eigenvalue weighted by Crippen LogP contribution is 2.29. The monoisotopic (exact) mass is 282 g/mol. The SMILES string of the molecule is CNCc1cc2ccccc2nc1Sc1cnccn1. The van der Waals surface area contributed by atoms with E-state index in [9.17, 15) is 0 Å². The van der Waals surface area contributed by atoms with Crippen LogP contribution in [0.15, 0.2) is 59.0 Å². The minimum atomic E-state index is 0.778. The molecule has 0 bridgehead atoms. The van der Waals surface area contributed by atoms with Crippen LogP contribution in [0.25, 0.3) is 10.9 Å². The molecule has 0 aliphatic heterocycles. The number of rotatable bonds is 4. The first-order valence-electron chi connectivity index (χ1n) is 6.34. The number of pyridine rings is 1. The molecule has 4 nitrogen and oxygen atoms in total. The summed E-state index contributed by atoms with van der Waals surface area (Å²) in [7, 11) is 1.94. The predicted octanol–water partition coefficient (Wildman–Crippen LogP) is 2.90. The average molecular weight is 282 g/mol. The number of nitrogens with zero attached hydrogens (tertiary/aromatic N) is 3. The van der Waals surface area contributed by atoms with Gasteiger partial charge in [-0.25, -0.2) is 9.97 Å². The van der Waals surface area contributed by atoms with Crippen LogP contribution in [0.1, 0.15) is 5.56 Å². The Kier molecular flexibility index (Phi) is 3.90. The van der Waals surface area contributed by atoms with Crippen molar-refractivity contribution in [2.45, 2.75) is 16.6 Å². The van der Waals surface area contributed by atoms with E-state index in [1.807, 2.05) is 25.2 Å². The lowest BCUT2D eigenvalue weighted by Gasteiger charge is -2.09. The zero-order chi connectivity index (χ0) is 13.8. The molecular formula is C15H14N4S. The number of benzene rings is 1. The summed E-state index contributed by atoms with van der Waals surface area (Å²) in [6, 6.07) is 10.3. The summed E-state index contributed by atoms with van der Waals surface area (Å²) in [4.78, 5) is 13.1. The van der Waals surface area contributed by atoms with E-state index in [1.165, 1.54) is 5.56 Å². The van der Waals surface area contributed by atoms with Crippen molar-refractivity contribution in [1.82, 2.24) is 20.3 Å². The molecule has 0 fully saturated rings. The van der Waals surface area contributed by atoms with Crippen LogP contribution >= 0.6 is 11.8 Å². The van der Waals surface area contributed by atoms with Crippen molar-refractivity contribution >= 4 is 22.7 Å². The zero-order valence-corrected chi connectivity index (χ0v) is 11.9.